The zero-order valence-corrected chi connectivity index (χ0v) is 37.9. The number of para-hydroxylation sites is 1. The van der Waals surface area contributed by atoms with Crippen molar-refractivity contribution in [3.05, 3.63) is 107 Å². The number of nitrogens with zero attached hydrogens (tertiary/aromatic N) is 4. The summed E-state index contributed by atoms with van der Waals surface area (Å²) in [6.07, 6.45) is 1.35. The molecule has 4 aromatic carbocycles. The number of phenols is 2. The summed E-state index contributed by atoms with van der Waals surface area (Å²) in [6, 6.07) is 21.6. The fourth-order valence-electron chi connectivity index (χ4n) is 7.10. The number of morpholine rings is 1. The molecule has 19 heteroatoms. The van der Waals surface area contributed by atoms with Crippen LogP contribution in [0.1, 0.15) is 55.2 Å². The molecule has 1 fully saturated rings. The minimum atomic E-state index is -3.65. The van der Waals surface area contributed by atoms with Crippen molar-refractivity contribution >= 4 is 62.1 Å². The SMILES string of the molecule is COc1ccc(NC(=O)CNC(=O)c2noc(-c3cc(C(C)C)c(O)cc3O)c2-c2ccc(CN3CCOCC3)cc2)cc1Nc1ncc(Cl)c(Nc2ccccc2S(=O)(=O)C(C)C)n1. The van der Waals surface area contributed by atoms with Crippen molar-refractivity contribution in [1.82, 2.24) is 25.3 Å². The van der Waals surface area contributed by atoms with E-state index in [9.17, 15) is 28.2 Å². The summed E-state index contributed by atoms with van der Waals surface area (Å²) in [5.41, 5.74) is 3.55. The number of aromatic nitrogens is 3. The van der Waals surface area contributed by atoms with E-state index in [0.717, 1.165) is 18.7 Å². The van der Waals surface area contributed by atoms with Gasteiger partial charge in [0.05, 0.1) is 65.7 Å². The third-order valence-corrected chi connectivity index (χ3v) is 13.1. The van der Waals surface area contributed by atoms with Gasteiger partial charge in [0.2, 0.25) is 11.9 Å². The highest BCUT2D eigenvalue weighted by Crippen LogP contribution is 2.43. The van der Waals surface area contributed by atoms with Gasteiger partial charge in [0.1, 0.15) is 22.3 Å². The lowest BCUT2D eigenvalue weighted by Crippen LogP contribution is -2.35. The number of rotatable bonds is 16. The van der Waals surface area contributed by atoms with Gasteiger partial charge in [-0.2, -0.15) is 4.98 Å². The molecule has 7 rings (SSSR count). The Bertz CT molecular complexity index is 2810. The van der Waals surface area contributed by atoms with Gasteiger partial charge in [-0.1, -0.05) is 67.0 Å². The van der Waals surface area contributed by atoms with Crippen LogP contribution >= 0.6 is 11.6 Å². The van der Waals surface area contributed by atoms with Gasteiger partial charge in [-0.15, -0.1) is 0 Å². The lowest BCUT2D eigenvalue weighted by Gasteiger charge is -2.26. The molecule has 0 unspecified atom stereocenters. The number of aromatic hydroxyl groups is 2. The van der Waals surface area contributed by atoms with Crippen molar-refractivity contribution in [1.29, 1.82) is 0 Å². The Balaban J connectivity index is 1.08. The molecule has 6 N–H and O–H groups in total. The van der Waals surface area contributed by atoms with Crippen molar-refractivity contribution in [3.63, 3.8) is 0 Å². The number of hydrogen-bond acceptors (Lipinski definition) is 15. The Morgan fingerprint density at radius 2 is 1.66 bits per heavy atom. The van der Waals surface area contributed by atoms with E-state index in [1.54, 1.807) is 56.3 Å². The molecular weight excluding hydrogens is 876 g/mol. The molecule has 0 atom stereocenters. The molecule has 65 heavy (non-hydrogen) atoms. The molecule has 0 radical (unpaired) electrons. The highest BCUT2D eigenvalue weighted by Gasteiger charge is 2.28. The smallest absolute Gasteiger partial charge is 0.274 e. The van der Waals surface area contributed by atoms with E-state index < -0.39 is 33.4 Å². The van der Waals surface area contributed by atoms with Crippen LogP contribution in [0.4, 0.5) is 28.8 Å². The highest BCUT2D eigenvalue weighted by molar-refractivity contribution is 7.92. The monoisotopic (exact) mass is 924 g/mol. The standard InChI is InChI=1S/C46H49ClN8O9S/c1-26(2)31-21-32(37(57)22-36(31)56)43-41(29-12-10-28(11-13-29)25-55-16-18-63-19-17-55)42(54-64-43)45(59)48-24-40(58)50-30-14-15-38(62-5)35(20-30)52-46-49-23-33(47)44(53-46)51-34-8-6-7-9-39(34)65(60,61)27(3)4/h6-15,20-23,26-27,56-57H,16-19,24-25H2,1-5H3,(H,48,59)(H,50,58)(H2,49,51,52,53). The molecule has 0 bridgehead atoms. The van der Waals surface area contributed by atoms with Crippen LogP contribution in [0.2, 0.25) is 5.02 Å². The van der Waals surface area contributed by atoms with Crippen molar-refractivity contribution in [3.8, 4) is 39.7 Å². The van der Waals surface area contributed by atoms with E-state index in [1.807, 2.05) is 38.1 Å². The summed E-state index contributed by atoms with van der Waals surface area (Å²) < 4.78 is 42.9. The fraction of sp³-hybridized carbons (Fsp3) is 0.283. The number of amides is 2. The quantitative estimate of drug-likeness (QED) is 0.0543. The fourth-order valence-corrected chi connectivity index (χ4v) is 8.44. The molecule has 2 amide bonds. The van der Waals surface area contributed by atoms with E-state index >= 15 is 0 Å². The molecule has 0 saturated carbocycles. The van der Waals surface area contributed by atoms with Crippen molar-refractivity contribution in [2.75, 3.05) is 55.9 Å². The Morgan fingerprint density at radius 1 is 0.923 bits per heavy atom. The number of sulfone groups is 1. The number of nitrogens with one attached hydrogen (secondary N) is 4. The van der Waals surface area contributed by atoms with E-state index in [2.05, 4.69) is 41.3 Å². The molecule has 1 saturated heterocycles. The third kappa shape index (κ3) is 10.6. The predicted molar refractivity (Wildman–Crippen MR) is 247 cm³/mol. The lowest BCUT2D eigenvalue weighted by molar-refractivity contribution is -0.115. The Labute approximate surface area is 381 Å². The molecule has 2 aromatic heterocycles. The number of carbonyl (C=O) groups is 2. The molecule has 1 aliphatic rings. The minimum Gasteiger partial charge on any atom is -0.508 e. The molecule has 0 spiro atoms. The van der Waals surface area contributed by atoms with E-state index in [1.165, 1.54) is 25.4 Å². The molecule has 0 aliphatic carbocycles. The summed E-state index contributed by atoms with van der Waals surface area (Å²) in [6.45, 7) is 10.2. The topological polar surface area (TPSA) is 230 Å². The van der Waals surface area contributed by atoms with Gasteiger partial charge < -0.3 is 45.5 Å². The largest absolute Gasteiger partial charge is 0.508 e. The number of anilines is 5. The first-order chi connectivity index (χ1) is 31.1. The molecular formula is C46H49ClN8O9S. The first-order valence-corrected chi connectivity index (χ1v) is 22.7. The number of methoxy groups -OCH3 is 1. The van der Waals surface area contributed by atoms with Crippen LogP contribution in [0.3, 0.4) is 0 Å². The van der Waals surface area contributed by atoms with Crippen LogP contribution < -0.4 is 26.0 Å². The maximum Gasteiger partial charge on any atom is 0.274 e. The number of benzene rings is 4. The summed E-state index contributed by atoms with van der Waals surface area (Å²) in [5.74, 6) is -1.05. The Kier molecular flexibility index (Phi) is 14.2. The van der Waals surface area contributed by atoms with Crippen LogP contribution in [-0.4, -0.2) is 95.7 Å². The van der Waals surface area contributed by atoms with Gasteiger partial charge >= 0.3 is 0 Å². The van der Waals surface area contributed by atoms with Crippen molar-refractivity contribution in [2.45, 2.75) is 50.3 Å². The number of phenolic OH excluding ortho intramolecular Hbond substituents is 2. The van der Waals surface area contributed by atoms with Crippen LogP contribution in [-0.2, 0) is 25.9 Å². The molecule has 3 heterocycles. The van der Waals surface area contributed by atoms with Crippen LogP contribution in [0.25, 0.3) is 22.5 Å². The second kappa shape index (κ2) is 20.0. The summed E-state index contributed by atoms with van der Waals surface area (Å²) in [7, 11) is -2.18. The van der Waals surface area contributed by atoms with Crippen LogP contribution in [0.5, 0.6) is 17.2 Å². The second-order valence-electron chi connectivity index (χ2n) is 15.8. The second-order valence-corrected chi connectivity index (χ2v) is 18.7. The summed E-state index contributed by atoms with van der Waals surface area (Å²) in [4.78, 5) is 38.3. The maximum absolute atomic E-state index is 13.9. The Morgan fingerprint density at radius 3 is 2.37 bits per heavy atom. The highest BCUT2D eigenvalue weighted by atomic mass is 35.5. The van der Waals surface area contributed by atoms with Gasteiger partial charge in [0.15, 0.2) is 27.1 Å². The van der Waals surface area contributed by atoms with Crippen molar-refractivity contribution in [2.24, 2.45) is 0 Å². The maximum atomic E-state index is 13.9. The normalized spacial score (nSPS) is 13.2. The van der Waals surface area contributed by atoms with E-state index in [0.29, 0.717) is 48.0 Å². The number of hydrogen-bond donors (Lipinski definition) is 6. The summed E-state index contributed by atoms with van der Waals surface area (Å²) in [5, 5.41) is 36.6. The third-order valence-electron chi connectivity index (χ3n) is 10.6. The van der Waals surface area contributed by atoms with Gasteiger partial charge in [0, 0.05) is 31.4 Å². The van der Waals surface area contributed by atoms with E-state index in [-0.39, 0.29) is 67.4 Å². The van der Waals surface area contributed by atoms with E-state index in [4.69, 9.17) is 25.6 Å². The van der Waals surface area contributed by atoms with Gasteiger partial charge in [0.25, 0.3) is 5.91 Å². The number of carbonyl (C=O) groups excluding carboxylic acids is 2. The van der Waals surface area contributed by atoms with Gasteiger partial charge in [-0.25, -0.2) is 13.4 Å². The first kappa shape index (κ1) is 46.3. The predicted octanol–water partition coefficient (Wildman–Crippen LogP) is 7.87. The number of ether oxygens (including phenoxy) is 2. The molecule has 6 aromatic rings. The van der Waals surface area contributed by atoms with Crippen molar-refractivity contribution < 1.29 is 42.2 Å². The summed E-state index contributed by atoms with van der Waals surface area (Å²) >= 11 is 6.44. The lowest BCUT2D eigenvalue weighted by atomic mass is 9.94. The minimum absolute atomic E-state index is 0.0747. The number of halogens is 1. The molecule has 17 nitrogen and oxygen atoms in total. The average molecular weight is 925 g/mol. The Hall–Kier alpha value is -6.73. The van der Waals surface area contributed by atoms with Gasteiger partial charge in [-0.05, 0) is 72.9 Å². The zero-order chi connectivity index (χ0) is 46.4. The molecule has 1 aliphatic heterocycles. The zero-order valence-electron chi connectivity index (χ0n) is 36.3. The first-order valence-electron chi connectivity index (χ1n) is 20.7. The average Bonchev–Trinajstić information content (AvgIpc) is 3.72. The van der Waals surface area contributed by atoms with Crippen LogP contribution in [0.15, 0.2) is 94.5 Å². The molecule has 340 valence electrons. The van der Waals surface area contributed by atoms with Gasteiger partial charge in [-0.3, -0.25) is 14.5 Å². The van der Waals surface area contributed by atoms with Crippen LogP contribution in [0, 0.1) is 0 Å².